The van der Waals surface area contributed by atoms with Gasteiger partial charge in [-0.3, -0.25) is 4.68 Å². The zero-order valence-electron chi connectivity index (χ0n) is 8.98. The average Bonchev–Trinajstić information content (AvgIpc) is 2.54. The van der Waals surface area contributed by atoms with Crippen LogP contribution in [0.1, 0.15) is 18.5 Å². The molecule has 5 heteroatoms. The molecule has 0 atom stereocenters. The first-order valence-corrected chi connectivity index (χ1v) is 5.04. The van der Waals surface area contributed by atoms with E-state index in [-0.39, 0.29) is 24.8 Å². The number of aryl methyl sites for hydroxylation is 1. The zero-order valence-corrected chi connectivity index (χ0v) is 10.6. The summed E-state index contributed by atoms with van der Waals surface area (Å²) in [4.78, 5) is 0. The molecule has 0 aromatic carbocycles. The van der Waals surface area contributed by atoms with Crippen molar-refractivity contribution in [1.29, 1.82) is 0 Å². The quantitative estimate of drug-likeness (QED) is 0.869. The molecule has 0 saturated carbocycles. The number of rotatable bonds is 2. The molecular formula is C10H19Cl2N3. The van der Waals surface area contributed by atoms with Gasteiger partial charge in [0.05, 0.1) is 0 Å². The fraction of sp³-hybridized carbons (Fsp3) is 0.700. The Labute approximate surface area is 103 Å². The minimum atomic E-state index is 0. The predicted octanol–water partition coefficient (Wildman–Crippen LogP) is 1.81. The summed E-state index contributed by atoms with van der Waals surface area (Å²) >= 11 is 0. The topological polar surface area (TPSA) is 29.9 Å². The monoisotopic (exact) mass is 251 g/mol. The van der Waals surface area contributed by atoms with Gasteiger partial charge < -0.3 is 5.32 Å². The highest BCUT2D eigenvalue weighted by Crippen LogP contribution is 2.16. The SMILES string of the molecule is Cl.Cl.Cn1nccc1CC1CCNCC1. The van der Waals surface area contributed by atoms with E-state index >= 15 is 0 Å². The van der Waals surface area contributed by atoms with E-state index < -0.39 is 0 Å². The molecule has 0 bridgehead atoms. The summed E-state index contributed by atoms with van der Waals surface area (Å²) in [6.07, 6.45) is 5.70. The smallest absolute Gasteiger partial charge is 0.0492 e. The van der Waals surface area contributed by atoms with Gasteiger partial charge in [-0.1, -0.05) is 0 Å². The minimum absolute atomic E-state index is 0. The van der Waals surface area contributed by atoms with Crippen molar-refractivity contribution in [1.82, 2.24) is 15.1 Å². The number of nitrogens with one attached hydrogen (secondary N) is 1. The lowest BCUT2D eigenvalue weighted by molar-refractivity contribution is 0.366. The second-order valence-corrected chi connectivity index (χ2v) is 3.84. The summed E-state index contributed by atoms with van der Waals surface area (Å²) in [5, 5.41) is 7.57. The first kappa shape index (κ1) is 14.8. The third-order valence-electron chi connectivity index (χ3n) is 2.88. The highest BCUT2D eigenvalue weighted by molar-refractivity contribution is 5.85. The van der Waals surface area contributed by atoms with Gasteiger partial charge in [0.15, 0.2) is 0 Å². The largest absolute Gasteiger partial charge is 0.317 e. The number of halogens is 2. The van der Waals surface area contributed by atoms with E-state index in [2.05, 4.69) is 16.5 Å². The van der Waals surface area contributed by atoms with Gasteiger partial charge in [0.2, 0.25) is 0 Å². The summed E-state index contributed by atoms with van der Waals surface area (Å²) in [5.74, 6) is 0.858. The molecule has 1 aromatic heterocycles. The first-order chi connectivity index (χ1) is 6.36. The van der Waals surface area contributed by atoms with Gasteiger partial charge >= 0.3 is 0 Å². The van der Waals surface area contributed by atoms with Gasteiger partial charge in [0, 0.05) is 18.9 Å². The Bertz CT molecular complexity index is 269. The van der Waals surface area contributed by atoms with E-state index in [4.69, 9.17) is 0 Å². The van der Waals surface area contributed by atoms with Crippen molar-refractivity contribution in [2.45, 2.75) is 19.3 Å². The summed E-state index contributed by atoms with van der Waals surface area (Å²) in [5.41, 5.74) is 1.37. The summed E-state index contributed by atoms with van der Waals surface area (Å²) in [6, 6.07) is 2.13. The fourth-order valence-electron chi connectivity index (χ4n) is 1.98. The van der Waals surface area contributed by atoms with Crippen LogP contribution in [-0.2, 0) is 13.5 Å². The molecule has 0 amide bonds. The third-order valence-corrected chi connectivity index (χ3v) is 2.88. The highest BCUT2D eigenvalue weighted by Gasteiger charge is 2.14. The third kappa shape index (κ3) is 4.01. The molecule has 0 aliphatic carbocycles. The van der Waals surface area contributed by atoms with Crippen molar-refractivity contribution >= 4 is 24.8 Å². The molecule has 1 aliphatic rings. The molecule has 2 rings (SSSR count). The molecule has 1 saturated heterocycles. The van der Waals surface area contributed by atoms with E-state index in [9.17, 15) is 0 Å². The van der Waals surface area contributed by atoms with Crippen molar-refractivity contribution in [3.05, 3.63) is 18.0 Å². The number of hydrogen-bond acceptors (Lipinski definition) is 2. The number of hydrogen-bond donors (Lipinski definition) is 1. The summed E-state index contributed by atoms with van der Waals surface area (Å²) < 4.78 is 1.99. The van der Waals surface area contributed by atoms with Crippen LogP contribution in [0.5, 0.6) is 0 Å². The Balaban J connectivity index is 0.000000980. The summed E-state index contributed by atoms with van der Waals surface area (Å²) in [7, 11) is 2.02. The Morgan fingerprint density at radius 3 is 2.60 bits per heavy atom. The van der Waals surface area contributed by atoms with Crippen LogP contribution in [0.15, 0.2) is 12.3 Å². The molecule has 0 radical (unpaired) electrons. The van der Waals surface area contributed by atoms with Gasteiger partial charge in [-0.05, 0) is 44.3 Å². The second kappa shape index (κ2) is 7.09. The van der Waals surface area contributed by atoms with Crippen molar-refractivity contribution in [3.8, 4) is 0 Å². The molecule has 0 unspecified atom stereocenters. The molecule has 1 aliphatic heterocycles. The van der Waals surface area contributed by atoms with Gasteiger partial charge in [0.1, 0.15) is 0 Å². The van der Waals surface area contributed by atoms with Crippen LogP contribution in [0.25, 0.3) is 0 Å². The van der Waals surface area contributed by atoms with Crippen LogP contribution < -0.4 is 5.32 Å². The van der Waals surface area contributed by atoms with Crippen LogP contribution in [0.3, 0.4) is 0 Å². The maximum atomic E-state index is 4.18. The Hall–Kier alpha value is -0.250. The number of aromatic nitrogens is 2. The molecule has 1 fully saturated rings. The maximum absolute atomic E-state index is 4.18. The minimum Gasteiger partial charge on any atom is -0.317 e. The van der Waals surface area contributed by atoms with E-state index in [1.165, 1.54) is 38.0 Å². The van der Waals surface area contributed by atoms with Crippen LogP contribution in [0.4, 0.5) is 0 Å². The first-order valence-electron chi connectivity index (χ1n) is 5.04. The molecule has 1 N–H and O–H groups in total. The molecule has 2 heterocycles. The van der Waals surface area contributed by atoms with Crippen LogP contribution in [-0.4, -0.2) is 22.9 Å². The Kier molecular flexibility index (Phi) is 6.98. The number of piperidine rings is 1. The number of nitrogens with zero attached hydrogens (tertiary/aromatic N) is 2. The summed E-state index contributed by atoms with van der Waals surface area (Å²) in [6.45, 7) is 2.37. The van der Waals surface area contributed by atoms with Crippen molar-refractivity contribution < 1.29 is 0 Å². The van der Waals surface area contributed by atoms with E-state index in [0.717, 1.165) is 5.92 Å². The van der Waals surface area contributed by atoms with Crippen LogP contribution in [0.2, 0.25) is 0 Å². The van der Waals surface area contributed by atoms with E-state index in [0.29, 0.717) is 0 Å². The standard InChI is InChI=1S/C10H17N3.2ClH/c1-13-10(4-7-12-13)8-9-2-5-11-6-3-9;;/h4,7,9,11H,2-3,5-6,8H2,1H3;2*1H. The zero-order chi connectivity index (χ0) is 9.10. The normalized spacial score (nSPS) is 16.6. The molecular weight excluding hydrogens is 233 g/mol. The van der Waals surface area contributed by atoms with Crippen LogP contribution >= 0.6 is 24.8 Å². The van der Waals surface area contributed by atoms with E-state index in [1.54, 1.807) is 0 Å². The molecule has 3 nitrogen and oxygen atoms in total. The van der Waals surface area contributed by atoms with Crippen LogP contribution in [0, 0.1) is 5.92 Å². The van der Waals surface area contributed by atoms with Gasteiger partial charge in [0.25, 0.3) is 0 Å². The van der Waals surface area contributed by atoms with Gasteiger partial charge in [-0.2, -0.15) is 5.10 Å². The van der Waals surface area contributed by atoms with Crippen molar-refractivity contribution in [3.63, 3.8) is 0 Å². The van der Waals surface area contributed by atoms with Crippen molar-refractivity contribution in [2.24, 2.45) is 13.0 Å². The fourth-order valence-corrected chi connectivity index (χ4v) is 1.98. The predicted molar refractivity (Wildman–Crippen MR) is 67.0 cm³/mol. The maximum Gasteiger partial charge on any atom is 0.0492 e. The lowest BCUT2D eigenvalue weighted by Gasteiger charge is -2.22. The highest BCUT2D eigenvalue weighted by atomic mass is 35.5. The molecule has 0 spiro atoms. The molecule has 15 heavy (non-hydrogen) atoms. The Morgan fingerprint density at radius 2 is 2.07 bits per heavy atom. The van der Waals surface area contributed by atoms with Crippen molar-refractivity contribution in [2.75, 3.05) is 13.1 Å². The second-order valence-electron chi connectivity index (χ2n) is 3.84. The molecule has 88 valence electrons. The Morgan fingerprint density at radius 1 is 1.40 bits per heavy atom. The average molecular weight is 252 g/mol. The van der Waals surface area contributed by atoms with Gasteiger partial charge in [-0.25, -0.2) is 0 Å². The van der Waals surface area contributed by atoms with E-state index in [1.807, 2.05) is 17.9 Å². The lowest BCUT2D eigenvalue weighted by Crippen LogP contribution is -2.29. The molecule has 1 aromatic rings. The lowest BCUT2D eigenvalue weighted by atomic mass is 9.93. The van der Waals surface area contributed by atoms with Gasteiger partial charge in [-0.15, -0.1) is 24.8 Å².